The summed E-state index contributed by atoms with van der Waals surface area (Å²) < 4.78 is 0. The van der Waals surface area contributed by atoms with E-state index in [2.05, 4.69) is 38.3 Å². The van der Waals surface area contributed by atoms with Gasteiger partial charge in [0.15, 0.2) is 0 Å². The van der Waals surface area contributed by atoms with Gasteiger partial charge in [0.05, 0.1) is 6.10 Å². The van der Waals surface area contributed by atoms with Crippen LogP contribution in [0.25, 0.3) is 0 Å². The Balaban J connectivity index is 3.60. The molecule has 3 N–H and O–H groups in total. The molecule has 102 valence electrons. The van der Waals surface area contributed by atoms with Gasteiger partial charge in [-0.3, -0.25) is 4.79 Å². The summed E-state index contributed by atoms with van der Waals surface area (Å²) in [5.41, 5.74) is 0.169. The fourth-order valence-electron chi connectivity index (χ4n) is 1.26. The van der Waals surface area contributed by atoms with Crippen molar-refractivity contribution < 1.29 is 9.90 Å². The Kier molecular flexibility index (Phi) is 7.39. The molecule has 0 rings (SSSR count). The van der Waals surface area contributed by atoms with E-state index in [1.165, 1.54) is 0 Å². The Morgan fingerprint density at radius 2 is 1.82 bits per heavy atom. The van der Waals surface area contributed by atoms with Gasteiger partial charge in [0.1, 0.15) is 0 Å². The molecule has 0 saturated carbocycles. The van der Waals surface area contributed by atoms with Crippen LogP contribution < -0.4 is 10.6 Å². The van der Waals surface area contributed by atoms with Crippen LogP contribution >= 0.6 is 0 Å². The van der Waals surface area contributed by atoms with Gasteiger partial charge in [0, 0.05) is 26.1 Å². The van der Waals surface area contributed by atoms with E-state index in [-0.39, 0.29) is 17.4 Å². The third-order valence-corrected chi connectivity index (χ3v) is 3.03. The lowest BCUT2D eigenvalue weighted by atomic mass is 9.80. The average Bonchev–Trinajstić information content (AvgIpc) is 2.15. The van der Waals surface area contributed by atoms with Gasteiger partial charge in [-0.25, -0.2) is 0 Å². The molecule has 0 spiro atoms. The van der Waals surface area contributed by atoms with E-state index in [0.717, 1.165) is 0 Å². The summed E-state index contributed by atoms with van der Waals surface area (Å²) in [5, 5.41) is 15.0. The molecule has 2 atom stereocenters. The van der Waals surface area contributed by atoms with Gasteiger partial charge >= 0.3 is 0 Å². The number of nitrogens with one attached hydrogen (secondary N) is 2. The summed E-state index contributed by atoms with van der Waals surface area (Å²) >= 11 is 0. The van der Waals surface area contributed by atoms with Crippen LogP contribution in [0.5, 0.6) is 0 Å². The molecule has 0 fully saturated rings. The zero-order valence-corrected chi connectivity index (χ0v) is 11.8. The van der Waals surface area contributed by atoms with Gasteiger partial charge in [-0.15, -0.1) is 0 Å². The van der Waals surface area contributed by atoms with E-state index in [4.69, 9.17) is 5.11 Å². The first-order valence-electron chi connectivity index (χ1n) is 6.39. The zero-order chi connectivity index (χ0) is 13.5. The molecule has 0 heterocycles. The van der Waals surface area contributed by atoms with Crippen LogP contribution in [-0.4, -0.2) is 36.8 Å². The molecule has 2 unspecified atom stereocenters. The smallest absolute Gasteiger partial charge is 0.220 e. The highest BCUT2D eigenvalue weighted by Crippen LogP contribution is 2.27. The predicted molar refractivity (Wildman–Crippen MR) is 70.8 cm³/mol. The minimum absolute atomic E-state index is 0.103. The van der Waals surface area contributed by atoms with Crippen molar-refractivity contribution in [3.63, 3.8) is 0 Å². The monoisotopic (exact) mass is 244 g/mol. The Labute approximate surface area is 105 Å². The second-order valence-corrected chi connectivity index (χ2v) is 5.87. The Hall–Kier alpha value is -0.610. The molecule has 1 amide bonds. The second kappa shape index (κ2) is 7.67. The standard InChI is InChI=1S/C13H28N2O2/c1-10(13(3,4)5)8-12(17)15-7-6-14-9-11(2)16/h10-11,14,16H,6-9H2,1-5H3,(H,15,17). The van der Waals surface area contributed by atoms with E-state index >= 15 is 0 Å². The Morgan fingerprint density at radius 1 is 1.24 bits per heavy atom. The van der Waals surface area contributed by atoms with Crippen molar-refractivity contribution in [2.45, 2.75) is 47.1 Å². The van der Waals surface area contributed by atoms with Crippen molar-refractivity contribution in [3.8, 4) is 0 Å². The van der Waals surface area contributed by atoms with Gasteiger partial charge in [-0.2, -0.15) is 0 Å². The fraction of sp³-hybridized carbons (Fsp3) is 0.923. The van der Waals surface area contributed by atoms with Gasteiger partial charge < -0.3 is 15.7 Å². The third-order valence-electron chi connectivity index (χ3n) is 3.03. The molecule has 4 nitrogen and oxygen atoms in total. The van der Waals surface area contributed by atoms with Crippen molar-refractivity contribution >= 4 is 5.91 Å². The normalized spacial score (nSPS) is 15.4. The highest BCUT2D eigenvalue weighted by Gasteiger charge is 2.22. The maximum atomic E-state index is 11.6. The molecule has 0 aliphatic carbocycles. The van der Waals surface area contributed by atoms with Crippen LogP contribution in [0.4, 0.5) is 0 Å². The summed E-state index contributed by atoms with van der Waals surface area (Å²) in [4.78, 5) is 11.6. The van der Waals surface area contributed by atoms with E-state index < -0.39 is 0 Å². The molecule has 0 radical (unpaired) electrons. The SMILES string of the molecule is CC(O)CNCCNC(=O)CC(C)C(C)(C)C. The van der Waals surface area contributed by atoms with Crippen LogP contribution in [0.15, 0.2) is 0 Å². The number of aliphatic hydroxyl groups is 1. The largest absolute Gasteiger partial charge is 0.392 e. The summed E-state index contributed by atoms with van der Waals surface area (Å²) in [6.07, 6.45) is 0.228. The van der Waals surface area contributed by atoms with Crippen LogP contribution in [0.2, 0.25) is 0 Å². The van der Waals surface area contributed by atoms with Crippen LogP contribution in [0, 0.1) is 11.3 Å². The molecule has 0 aromatic rings. The minimum Gasteiger partial charge on any atom is -0.392 e. The molecule has 0 aromatic heterocycles. The first kappa shape index (κ1) is 16.4. The van der Waals surface area contributed by atoms with E-state index in [0.29, 0.717) is 32.0 Å². The quantitative estimate of drug-likeness (QED) is 0.589. The topological polar surface area (TPSA) is 61.4 Å². The lowest BCUT2D eigenvalue weighted by molar-refractivity contribution is -0.122. The first-order chi connectivity index (χ1) is 7.73. The molecule has 0 aromatic carbocycles. The molecule has 0 aliphatic rings. The average molecular weight is 244 g/mol. The van der Waals surface area contributed by atoms with Gasteiger partial charge in [0.2, 0.25) is 5.91 Å². The van der Waals surface area contributed by atoms with Crippen molar-refractivity contribution in [1.29, 1.82) is 0 Å². The summed E-state index contributed by atoms with van der Waals surface area (Å²) in [6, 6.07) is 0. The molecule has 0 bridgehead atoms. The first-order valence-corrected chi connectivity index (χ1v) is 6.39. The number of amides is 1. The zero-order valence-electron chi connectivity index (χ0n) is 11.8. The summed E-state index contributed by atoms with van der Waals surface area (Å²) in [7, 11) is 0. The lowest BCUT2D eigenvalue weighted by Crippen LogP contribution is -2.36. The number of aliphatic hydroxyl groups excluding tert-OH is 1. The number of rotatable bonds is 7. The van der Waals surface area contributed by atoms with Crippen molar-refractivity contribution in [2.24, 2.45) is 11.3 Å². The molecular formula is C13H28N2O2. The highest BCUT2D eigenvalue weighted by molar-refractivity contribution is 5.76. The lowest BCUT2D eigenvalue weighted by Gasteiger charge is -2.26. The van der Waals surface area contributed by atoms with Gasteiger partial charge in [-0.05, 0) is 18.3 Å². The molecule has 0 saturated heterocycles. The van der Waals surface area contributed by atoms with Crippen molar-refractivity contribution in [2.75, 3.05) is 19.6 Å². The summed E-state index contributed by atoms with van der Waals surface area (Å²) in [6.45, 7) is 12.2. The number of hydrogen-bond acceptors (Lipinski definition) is 3. The fourth-order valence-corrected chi connectivity index (χ4v) is 1.26. The Morgan fingerprint density at radius 3 is 2.29 bits per heavy atom. The van der Waals surface area contributed by atoms with Crippen LogP contribution in [0.3, 0.4) is 0 Å². The van der Waals surface area contributed by atoms with Gasteiger partial charge in [-0.1, -0.05) is 27.7 Å². The molecule has 17 heavy (non-hydrogen) atoms. The van der Waals surface area contributed by atoms with E-state index in [1.807, 2.05) is 0 Å². The summed E-state index contributed by atoms with van der Waals surface area (Å²) in [5.74, 6) is 0.471. The van der Waals surface area contributed by atoms with Crippen molar-refractivity contribution in [3.05, 3.63) is 0 Å². The molecule has 0 aliphatic heterocycles. The minimum atomic E-state index is -0.341. The van der Waals surface area contributed by atoms with E-state index in [1.54, 1.807) is 6.92 Å². The highest BCUT2D eigenvalue weighted by atomic mass is 16.3. The predicted octanol–water partition coefficient (Wildman–Crippen LogP) is 1.15. The van der Waals surface area contributed by atoms with Crippen molar-refractivity contribution in [1.82, 2.24) is 10.6 Å². The van der Waals surface area contributed by atoms with Crippen LogP contribution in [0.1, 0.15) is 41.0 Å². The Bertz CT molecular complexity index is 222. The molecular weight excluding hydrogens is 216 g/mol. The maximum absolute atomic E-state index is 11.6. The molecule has 4 heteroatoms. The number of carbonyl (C=O) groups is 1. The maximum Gasteiger partial charge on any atom is 0.220 e. The second-order valence-electron chi connectivity index (χ2n) is 5.87. The van der Waals surface area contributed by atoms with Gasteiger partial charge in [0.25, 0.3) is 0 Å². The van der Waals surface area contributed by atoms with Crippen LogP contribution in [-0.2, 0) is 4.79 Å². The van der Waals surface area contributed by atoms with E-state index in [9.17, 15) is 4.79 Å². The third kappa shape index (κ3) is 9.12. The number of carbonyl (C=O) groups excluding carboxylic acids is 1. The number of hydrogen-bond donors (Lipinski definition) is 3.